The highest BCUT2D eigenvalue weighted by molar-refractivity contribution is 5.81. The van der Waals surface area contributed by atoms with Crippen LogP contribution < -0.4 is 16.0 Å². The zero-order valence-corrected chi connectivity index (χ0v) is 16.3. The van der Waals surface area contributed by atoms with Gasteiger partial charge < -0.3 is 20.9 Å². The van der Waals surface area contributed by atoms with E-state index in [0.717, 1.165) is 64.1 Å². The lowest BCUT2D eigenvalue weighted by Crippen LogP contribution is -2.48. The molecule has 2 saturated carbocycles. The van der Waals surface area contributed by atoms with Crippen molar-refractivity contribution in [1.29, 1.82) is 0 Å². The van der Waals surface area contributed by atoms with Crippen molar-refractivity contribution in [2.75, 3.05) is 33.7 Å². The van der Waals surface area contributed by atoms with Crippen LogP contribution in [0.15, 0.2) is 4.99 Å². The average Bonchev–Trinajstić information content (AvgIpc) is 3.43. The highest BCUT2D eigenvalue weighted by Crippen LogP contribution is 2.26. The van der Waals surface area contributed by atoms with E-state index in [9.17, 15) is 4.79 Å². The van der Waals surface area contributed by atoms with Crippen molar-refractivity contribution in [2.45, 2.75) is 70.4 Å². The molecule has 0 radical (unpaired) electrons. The van der Waals surface area contributed by atoms with Crippen LogP contribution in [-0.2, 0) is 4.79 Å². The van der Waals surface area contributed by atoms with E-state index in [1.807, 2.05) is 7.05 Å². The number of aliphatic imine (C=N–C) groups is 1. The third-order valence-corrected chi connectivity index (χ3v) is 5.21. The van der Waals surface area contributed by atoms with Gasteiger partial charge in [-0.1, -0.05) is 19.8 Å². The predicted octanol–water partition coefficient (Wildman–Crippen LogP) is 1.72. The van der Waals surface area contributed by atoms with Gasteiger partial charge in [0.15, 0.2) is 5.96 Å². The van der Waals surface area contributed by atoms with Gasteiger partial charge in [0.2, 0.25) is 5.91 Å². The van der Waals surface area contributed by atoms with Gasteiger partial charge in [-0.05, 0) is 52.1 Å². The van der Waals surface area contributed by atoms with Crippen LogP contribution in [0.1, 0.15) is 58.3 Å². The first-order chi connectivity index (χ1) is 12.1. The highest BCUT2D eigenvalue weighted by Gasteiger charge is 2.31. The van der Waals surface area contributed by atoms with Crippen LogP contribution in [0.4, 0.5) is 0 Å². The minimum Gasteiger partial charge on any atom is -0.355 e. The molecule has 0 heterocycles. The third-order valence-electron chi connectivity index (χ3n) is 5.21. The van der Waals surface area contributed by atoms with Crippen LogP contribution in [0.2, 0.25) is 0 Å². The number of nitrogens with one attached hydrogen (secondary N) is 3. The molecule has 2 unspecified atom stereocenters. The summed E-state index contributed by atoms with van der Waals surface area (Å²) in [5.41, 5.74) is 0. The van der Waals surface area contributed by atoms with Gasteiger partial charge in [0.05, 0.1) is 0 Å². The Bertz CT molecular complexity index is 436. The molecule has 0 aromatic heterocycles. The zero-order chi connectivity index (χ0) is 18.1. The predicted molar refractivity (Wildman–Crippen MR) is 104 cm³/mol. The van der Waals surface area contributed by atoms with E-state index >= 15 is 0 Å². The van der Waals surface area contributed by atoms with Gasteiger partial charge in [-0.2, -0.15) is 0 Å². The number of hydrogen-bond acceptors (Lipinski definition) is 3. The fraction of sp³-hybridized carbons (Fsp3) is 0.895. The van der Waals surface area contributed by atoms with Crippen LogP contribution in [0.5, 0.6) is 0 Å². The molecule has 2 aliphatic rings. The van der Waals surface area contributed by atoms with Crippen molar-refractivity contribution < 1.29 is 4.79 Å². The first kappa shape index (κ1) is 20.0. The Morgan fingerprint density at radius 2 is 1.92 bits per heavy atom. The summed E-state index contributed by atoms with van der Waals surface area (Å²) < 4.78 is 0. The monoisotopic (exact) mass is 351 g/mol. The van der Waals surface area contributed by atoms with Gasteiger partial charge in [0.1, 0.15) is 0 Å². The molecule has 0 spiro atoms. The molecule has 0 bridgehead atoms. The van der Waals surface area contributed by atoms with Crippen LogP contribution in [0.25, 0.3) is 0 Å². The Kier molecular flexibility index (Phi) is 8.52. The molecular formula is C19H37N5O. The van der Waals surface area contributed by atoms with Crippen LogP contribution in [-0.4, -0.2) is 62.6 Å². The van der Waals surface area contributed by atoms with Crippen molar-refractivity contribution in [2.24, 2.45) is 10.9 Å². The lowest BCUT2D eigenvalue weighted by molar-refractivity contribution is -0.126. The summed E-state index contributed by atoms with van der Waals surface area (Å²) in [5, 5.41) is 10.1. The standard InChI is InChI=1S/C19H37N5O/c1-4-5-12-24(3)13-11-21-19(20-2)23-17-8-6-7-15(14-17)18(25)22-16-9-10-16/h15-17H,4-14H2,1-3H3,(H,22,25)(H2,20,21,23). The number of carbonyl (C=O) groups excluding carboxylic acids is 1. The van der Waals surface area contributed by atoms with E-state index in [0.29, 0.717) is 12.1 Å². The lowest BCUT2D eigenvalue weighted by atomic mass is 9.85. The fourth-order valence-electron chi connectivity index (χ4n) is 3.40. The smallest absolute Gasteiger partial charge is 0.223 e. The first-order valence-electron chi connectivity index (χ1n) is 10.1. The number of amides is 1. The molecule has 3 N–H and O–H groups in total. The molecule has 6 heteroatoms. The Hall–Kier alpha value is -1.30. The van der Waals surface area contributed by atoms with E-state index < -0.39 is 0 Å². The second-order valence-electron chi connectivity index (χ2n) is 7.64. The van der Waals surface area contributed by atoms with E-state index in [4.69, 9.17) is 0 Å². The maximum absolute atomic E-state index is 12.3. The fourth-order valence-corrected chi connectivity index (χ4v) is 3.40. The Morgan fingerprint density at radius 1 is 1.12 bits per heavy atom. The Labute approximate surface area is 153 Å². The maximum Gasteiger partial charge on any atom is 0.223 e. The third kappa shape index (κ3) is 7.63. The molecular weight excluding hydrogens is 314 g/mol. The number of rotatable bonds is 9. The minimum atomic E-state index is 0.158. The van der Waals surface area contributed by atoms with Crippen LogP contribution in [0, 0.1) is 5.92 Å². The Balaban J connectivity index is 1.68. The van der Waals surface area contributed by atoms with Crippen molar-refractivity contribution in [3.8, 4) is 0 Å². The molecule has 1 amide bonds. The topological polar surface area (TPSA) is 68.8 Å². The van der Waals surface area contributed by atoms with Gasteiger partial charge >= 0.3 is 0 Å². The minimum absolute atomic E-state index is 0.158. The van der Waals surface area contributed by atoms with Gasteiger partial charge in [-0.3, -0.25) is 9.79 Å². The summed E-state index contributed by atoms with van der Waals surface area (Å²) in [6.07, 6.45) is 8.95. The molecule has 2 aliphatic carbocycles. The normalized spacial score (nSPS) is 24.2. The summed E-state index contributed by atoms with van der Waals surface area (Å²) >= 11 is 0. The quantitative estimate of drug-likeness (QED) is 0.437. The van der Waals surface area contributed by atoms with Gasteiger partial charge in [0.25, 0.3) is 0 Å². The van der Waals surface area contributed by atoms with Crippen LogP contribution >= 0.6 is 0 Å². The van der Waals surface area contributed by atoms with Crippen molar-refractivity contribution in [3.05, 3.63) is 0 Å². The lowest BCUT2D eigenvalue weighted by Gasteiger charge is -2.30. The summed E-state index contributed by atoms with van der Waals surface area (Å²) in [6.45, 7) is 5.26. The van der Waals surface area contributed by atoms with Gasteiger partial charge in [-0.25, -0.2) is 0 Å². The molecule has 0 aromatic carbocycles. The molecule has 25 heavy (non-hydrogen) atoms. The van der Waals surface area contributed by atoms with Crippen LogP contribution in [0.3, 0.4) is 0 Å². The molecule has 2 atom stereocenters. The van der Waals surface area contributed by atoms with Gasteiger partial charge in [-0.15, -0.1) is 0 Å². The van der Waals surface area contributed by atoms with E-state index in [1.165, 1.54) is 12.8 Å². The summed E-state index contributed by atoms with van der Waals surface area (Å²) in [5.74, 6) is 1.27. The Morgan fingerprint density at radius 3 is 2.60 bits per heavy atom. The summed E-state index contributed by atoms with van der Waals surface area (Å²) in [6, 6.07) is 0.799. The summed E-state index contributed by atoms with van der Waals surface area (Å²) in [4.78, 5) is 19.0. The number of likely N-dealkylation sites (N-methyl/N-ethyl adjacent to an activating group) is 1. The number of hydrogen-bond donors (Lipinski definition) is 3. The second-order valence-corrected chi connectivity index (χ2v) is 7.64. The number of nitrogens with zero attached hydrogens (tertiary/aromatic N) is 2. The average molecular weight is 352 g/mol. The van der Waals surface area contributed by atoms with E-state index in [-0.39, 0.29) is 11.8 Å². The summed E-state index contributed by atoms with van der Waals surface area (Å²) in [7, 11) is 3.98. The van der Waals surface area contributed by atoms with Gasteiger partial charge in [0, 0.05) is 38.1 Å². The molecule has 6 nitrogen and oxygen atoms in total. The van der Waals surface area contributed by atoms with Crippen molar-refractivity contribution in [3.63, 3.8) is 0 Å². The number of guanidine groups is 1. The maximum atomic E-state index is 12.3. The van der Waals surface area contributed by atoms with Crippen molar-refractivity contribution in [1.82, 2.24) is 20.9 Å². The molecule has 0 saturated heterocycles. The van der Waals surface area contributed by atoms with E-state index in [2.05, 4.69) is 39.8 Å². The molecule has 0 aromatic rings. The highest BCUT2D eigenvalue weighted by atomic mass is 16.2. The number of carbonyl (C=O) groups is 1. The second kappa shape index (κ2) is 10.6. The van der Waals surface area contributed by atoms with Crippen molar-refractivity contribution >= 4 is 11.9 Å². The molecule has 2 rings (SSSR count). The first-order valence-corrected chi connectivity index (χ1v) is 10.1. The molecule has 144 valence electrons. The zero-order valence-electron chi connectivity index (χ0n) is 16.3. The number of unbranched alkanes of at least 4 members (excludes halogenated alkanes) is 1. The van der Waals surface area contributed by atoms with E-state index in [1.54, 1.807) is 0 Å². The molecule has 2 fully saturated rings. The largest absolute Gasteiger partial charge is 0.355 e. The SMILES string of the molecule is CCCCN(C)CCNC(=NC)NC1CCCC(C(=O)NC2CC2)C1. The molecule has 0 aliphatic heterocycles.